The predicted octanol–water partition coefficient (Wildman–Crippen LogP) is 2.18. The molecule has 0 aromatic rings. The van der Waals surface area contributed by atoms with Gasteiger partial charge in [-0.05, 0) is 83.2 Å². The molecule has 6 atom stereocenters. The van der Waals surface area contributed by atoms with Gasteiger partial charge in [0.1, 0.15) is 12.1 Å². The molecule has 7 heteroatoms. The normalized spacial score (nSPS) is 33.3. The van der Waals surface area contributed by atoms with Crippen molar-refractivity contribution in [3.63, 3.8) is 0 Å². The molecule has 32 heavy (non-hydrogen) atoms. The number of fused-ring (bicyclic) bond motifs is 1. The zero-order valence-electron chi connectivity index (χ0n) is 19.7. The zero-order chi connectivity index (χ0) is 22.8. The summed E-state index contributed by atoms with van der Waals surface area (Å²) in [4.78, 5) is 41.1. The molecule has 2 heterocycles. The first-order valence-electron chi connectivity index (χ1n) is 12.4. The summed E-state index contributed by atoms with van der Waals surface area (Å²) in [5.41, 5.74) is 2.77. The van der Waals surface area contributed by atoms with Gasteiger partial charge in [0.2, 0.25) is 17.7 Å². The zero-order valence-corrected chi connectivity index (χ0v) is 19.7. The van der Waals surface area contributed by atoms with E-state index in [1.54, 1.807) is 18.9 Å². The van der Waals surface area contributed by atoms with E-state index in [9.17, 15) is 14.4 Å². The Morgan fingerprint density at radius 3 is 2.62 bits per heavy atom. The largest absolute Gasteiger partial charge is 0.348 e. The Bertz CT molecular complexity index is 820. The van der Waals surface area contributed by atoms with E-state index < -0.39 is 12.1 Å². The maximum Gasteiger partial charge on any atom is 0.246 e. The van der Waals surface area contributed by atoms with Gasteiger partial charge in [-0.25, -0.2) is 0 Å². The van der Waals surface area contributed by atoms with Crippen LogP contribution in [-0.2, 0) is 14.4 Å². The molecule has 0 spiro atoms. The van der Waals surface area contributed by atoms with Crippen LogP contribution in [0.1, 0.15) is 71.6 Å². The molecule has 3 amide bonds. The summed E-state index contributed by atoms with van der Waals surface area (Å²) >= 11 is 0. The van der Waals surface area contributed by atoms with Crippen LogP contribution in [0, 0.1) is 5.92 Å². The van der Waals surface area contributed by atoms with Crippen LogP contribution in [0.5, 0.6) is 0 Å². The Labute approximate surface area is 191 Å². The SMILES string of the molecule is CN[C@@H](C)C(=O)N[C@H]1CCCC2CC[C@@H](C(=O)N[C@@H]3CCCC4=C3C=CCC4C)N2C1=O. The maximum atomic E-state index is 13.4. The van der Waals surface area contributed by atoms with Gasteiger partial charge in [-0.1, -0.05) is 24.6 Å². The van der Waals surface area contributed by atoms with Crippen LogP contribution in [0.3, 0.4) is 0 Å². The second-order valence-electron chi connectivity index (χ2n) is 9.97. The van der Waals surface area contributed by atoms with Crippen molar-refractivity contribution in [2.45, 2.75) is 102 Å². The van der Waals surface area contributed by atoms with Crippen molar-refractivity contribution in [3.05, 3.63) is 23.3 Å². The van der Waals surface area contributed by atoms with E-state index in [1.165, 1.54) is 11.1 Å². The minimum absolute atomic E-state index is 0.0400. The molecular formula is C25H38N4O3. The highest BCUT2D eigenvalue weighted by Gasteiger charge is 2.45. The van der Waals surface area contributed by atoms with Crippen molar-refractivity contribution >= 4 is 17.7 Å². The number of rotatable bonds is 5. The van der Waals surface area contributed by atoms with Gasteiger partial charge in [0, 0.05) is 6.04 Å². The molecule has 7 nitrogen and oxygen atoms in total. The number of nitrogens with one attached hydrogen (secondary N) is 3. The van der Waals surface area contributed by atoms with Gasteiger partial charge in [-0.2, -0.15) is 0 Å². The first kappa shape index (κ1) is 23.0. The third-order valence-corrected chi connectivity index (χ3v) is 7.91. The lowest BCUT2D eigenvalue weighted by Crippen LogP contribution is -2.57. The Morgan fingerprint density at radius 1 is 1.06 bits per heavy atom. The average molecular weight is 443 g/mol. The first-order chi connectivity index (χ1) is 15.4. The highest BCUT2D eigenvalue weighted by atomic mass is 16.2. The van der Waals surface area contributed by atoms with Crippen LogP contribution in [0.25, 0.3) is 0 Å². The van der Waals surface area contributed by atoms with Gasteiger partial charge < -0.3 is 20.9 Å². The third-order valence-electron chi connectivity index (χ3n) is 7.91. The lowest BCUT2D eigenvalue weighted by atomic mass is 9.77. The summed E-state index contributed by atoms with van der Waals surface area (Å²) in [6.07, 6.45) is 12.6. The van der Waals surface area contributed by atoms with E-state index in [-0.39, 0.29) is 35.8 Å². The van der Waals surface area contributed by atoms with Crippen LogP contribution in [0.4, 0.5) is 0 Å². The van der Waals surface area contributed by atoms with Crippen LogP contribution in [0.15, 0.2) is 23.3 Å². The Morgan fingerprint density at radius 2 is 1.84 bits per heavy atom. The summed E-state index contributed by atoms with van der Waals surface area (Å²) in [5, 5.41) is 9.13. The molecule has 0 saturated carbocycles. The number of nitrogens with zero attached hydrogens (tertiary/aromatic N) is 1. The number of likely N-dealkylation sites (N-methyl/N-ethyl adjacent to an activating group) is 1. The number of amides is 3. The fourth-order valence-corrected chi connectivity index (χ4v) is 5.91. The van der Waals surface area contributed by atoms with Crippen molar-refractivity contribution in [1.82, 2.24) is 20.9 Å². The molecule has 2 unspecified atom stereocenters. The molecule has 2 saturated heterocycles. The monoisotopic (exact) mass is 442 g/mol. The van der Waals surface area contributed by atoms with Gasteiger partial charge >= 0.3 is 0 Å². The van der Waals surface area contributed by atoms with Crippen LogP contribution < -0.4 is 16.0 Å². The van der Waals surface area contributed by atoms with Crippen LogP contribution >= 0.6 is 0 Å². The van der Waals surface area contributed by atoms with Gasteiger partial charge in [0.15, 0.2) is 0 Å². The molecule has 0 aromatic heterocycles. The fraction of sp³-hybridized carbons (Fsp3) is 0.720. The van der Waals surface area contributed by atoms with E-state index in [0.717, 1.165) is 44.9 Å². The molecule has 0 aromatic carbocycles. The highest BCUT2D eigenvalue weighted by Crippen LogP contribution is 2.37. The molecule has 4 aliphatic rings. The lowest BCUT2D eigenvalue weighted by Gasteiger charge is -2.35. The van der Waals surface area contributed by atoms with Crippen molar-refractivity contribution < 1.29 is 14.4 Å². The number of allylic oxidation sites excluding steroid dienone is 2. The molecule has 2 fully saturated rings. The van der Waals surface area contributed by atoms with Crippen LogP contribution in [-0.4, -0.2) is 59.9 Å². The lowest BCUT2D eigenvalue weighted by molar-refractivity contribution is -0.143. The van der Waals surface area contributed by atoms with Gasteiger partial charge in [0.25, 0.3) is 0 Å². The molecule has 3 N–H and O–H groups in total. The Balaban J connectivity index is 1.47. The predicted molar refractivity (Wildman–Crippen MR) is 124 cm³/mol. The van der Waals surface area contributed by atoms with Crippen molar-refractivity contribution in [2.75, 3.05) is 7.05 Å². The van der Waals surface area contributed by atoms with Crippen molar-refractivity contribution in [3.8, 4) is 0 Å². The molecule has 0 bridgehead atoms. The molecular weight excluding hydrogens is 404 g/mol. The minimum Gasteiger partial charge on any atom is -0.348 e. The van der Waals surface area contributed by atoms with Crippen molar-refractivity contribution in [1.29, 1.82) is 0 Å². The topological polar surface area (TPSA) is 90.5 Å². The molecule has 2 aliphatic carbocycles. The second-order valence-corrected chi connectivity index (χ2v) is 9.97. The summed E-state index contributed by atoms with van der Waals surface area (Å²) in [5.74, 6) is 0.227. The van der Waals surface area contributed by atoms with E-state index >= 15 is 0 Å². The third kappa shape index (κ3) is 4.49. The second kappa shape index (κ2) is 9.77. The summed E-state index contributed by atoms with van der Waals surface area (Å²) < 4.78 is 0. The van der Waals surface area contributed by atoms with Crippen molar-refractivity contribution in [2.24, 2.45) is 5.92 Å². The van der Waals surface area contributed by atoms with E-state index in [4.69, 9.17) is 0 Å². The smallest absolute Gasteiger partial charge is 0.246 e. The van der Waals surface area contributed by atoms with E-state index in [1.807, 2.05) is 0 Å². The van der Waals surface area contributed by atoms with E-state index in [0.29, 0.717) is 18.8 Å². The first-order valence-corrected chi connectivity index (χ1v) is 12.4. The quantitative estimate of drug-likeness (QED) is 0.609. The Hall–Kier alpha value is -2.15. The standard InChI is InChI=1S/C25H38N4O3/c1-15-7-4-10-19-18(15)9-6-11-20(19)27-24(31)22-14-13-17-8-5-12-21(25(32)29(17)22)28-23(30)16(2)26-3/h4,10,15-17,20-22,26H,5-9,11-14H2,1-3H3,(H,27,31)(H,28,30)/t15?,16-,17?,20+,21-,22-/m0/s1. The number of hydrogen-bond donors (Lipinski definition) is 3. The number of carbonyl (C=O) groups is 3. The van der Waals surface area contributed by atoms with Gasteiger partial charge in [-0.3, -0.25) is 14.4 Å². The molecule has 0 radical (unpaired) electrons. The van der Waals surface area contributed by atoms with Gasteiger partial charge in [-0.15, -0.1) is 0 Å². The van der Waals surface area contributed by atoms with Crippen LogP contribution in [0.2, 0.25) is 0 Å². The molecule has 4 rings (SSSR count). The fourth-order valence-electron chi connectivity index (χ4n) is 5.91. The number of hydrogen-bond acceptors (Lipinski definition) is 4. The van der Waals surface area contributed by atoms with Gasteiger partial charge in [0.05, 0.1) is 12.1 Å². The summed E-state index contributed by atoms with van der Waals surface area (Å²) in [7, 11) is 1.73. The Kier molecular flexibility index (Phi) is 7.03. The minimum atomic E-state index is -0.553. The number of carbonyl (C=O) groups excluding carboxylic acids is 3. The average Bonchev–Trinajstić information content (AvgIpc) is 3.15. The molecule has 176 valence electrons. The summed E-state index contributed by atoms with van der Waals surface area (Å²) in [6.45, 7) is 4.04. The highest BCUT2D eigenvalue weighted by molar-refractivity contribution is 5.94. The maximum absolute atomic E-state index is 13.4. The van der Waals surface area contributed by atoms with E-state index in [2.05, 4.69) is 35.0 Å². The summed E-state index contributed by atoms with van der Waals surface area (Å²) in [6, 6.07) is -1.22. The molecule has 2 aliphatic heterocycles.